The van der Waals surface area contributed by atoms with Crippen molar-refractivity contribution in [1.82, 2.24) is 0 Å². The molecule has 1 rings (SSSR count). The van der Waals surface area contributed by atoms with E-state index in [0.29, 0.717) is 6.42 Å². The first-order valence-corrected chi connectivity index (χ1v) is 4.12. The number of hydrogen-bond acceptors (Lipinski definition) is 2. The Balaban J connectivity index is 2.82. The van der Waals surface area contributed by atoms with Gasteiger partial charge in [-0.1, -0.05) is 22.0 Å². The Bertz CT molecular complexity index is 242. The third-order valence-electron chi connectivity index (χ3n) is 1.71. The largest absolute Gasteiger partial charge is 0.508 e. The van der Waals surface area contributed by atoms with Gasteiger partial charge >= 0.3 is 0 Å². The molecule has 3 heteroatoms. The molecular formula is C8H9BrO2. The molecule has 2 nitrogen and oxygen atoms in total. The molecule has 0 spiro atoms. The molecule has 1 unspecified atom stereocenters. The van der Waals surface area contributed by atoms with Crippen molar-refractivity contribution in [3.63, 3.8) is 0 Å². The van der Waals surface area contributed by atoms with Crippen LogP contribution >= 0.6 is 15.9 Å². The molecule has 0 saturated heterocycles. The van der Waals surface area contributed by atoms with E-state index in [1.165, 1.54) is 13.0 Å². The summed E-state index contributed by atoms with van der Waals surface area (Å²) in [5.41, 5.74) is 0. The molecule has 1 atom stereocenters. The number of hydrogen-bond donors (Lipinski definition) is 1. The second-order valence-electron chi connectivity index (χ2n) is 2.59. The van der Waals surface area contributed by atoms with E-state index in [-0.39, 0.29) is 11.5 Å². The first-order valence-electron chi connectivity index (χ1n) is 3.33. The summed E-state index contributed by atoms with van der Waals surface area (Å²) in [6.45, 7) is 1.52. The van der Waals surface area contributed by atoms with Crippen molar-refractivity contribution in [2.45, 2.75) is 17.7 Å². The average molecular weight is 217 g/mol. The Morgan fingerprint density at radius 1 is 1.82 bits per heavy atom. The maximum atomic E-state index is 11.0. The second kappa shape index (κ2) is 2.81. The molecule has 0 radical (unpaired) electrons. The van der Waals surface area contributed by atoms with Gasteiger partial charge in [0, 0.05) is 0 Å². The number of carbonyl (C=O) groups excluding carboxylic acids is 1. The fourth-order valence-corrected chi connectivity index (χ4v) is 1.16. The Morgan fingerprint density at radius 2 is 2.45 bits per heavy atom. The number of allylic oxidation sites excluding steroid dienone is 3. The zero-order valence-electron chi connectivity index (χ0n) is 6.17. The minimum atomic E-state index is -0.584. The van der Waals surface area contributed by atoms with Crippen LogP contribution in [0.15, 0.2) is 24.0 Å². The van der Waals surface area contributed by atoms with Gasteiger partial charge in [-0.05, 0) is 25.5 Å². The molecule has 0 aliphatic heterocycles. The van der Waals surface area contributed by atoms with Gasteiger partial charge in [-0.2, -0.15) is 0 Å². The van der Waals surface area contributed by atoms with Crippen LogP contribution < -0.4 is 0 Å². The molecule has 0 heterocycles. The highest BCUT2D eigenvalue weighted by atomic mass is 79.9. The van der Waals surface area contributed by atoms with E-state index in [2.05, 4.69) is 15.9 Å². The van der Waals surface area contributed by atoms with E-state index in [4.69, 9.17) is 5.11 Å². The quantitative estimate of drug-likeness (QED) is 0.683. The molecule has 0 saturated carbocycles. The van der Waals surface area contributed by atoms with E-state index >= 15 is 0 Å². The highest BCUT2D eigenvalue weighted by Crippen LogP contribution is 2.29. The van der Waals surface area contributed by atoms with E-state index in [1.54, 1.807) is 12.2 Å². The minimum absolute atomic E-state index is 0.0532. The average Bonchev–Trinajstić information content (AvgIpc) is 1.95. The van der Waals surface area contributed by atoms with E-state index in [0.717, 1.165) is 0 Å². The number of aliphatic hydroxyl groups is 1. The van der Waals surface area contributed by atoms with Crippen LogP contribution in [0.1, 0.15) is 13.3 Å². The molecule has 0 aromatic carbocycles. The van der Waals surface area contributed by atoms with Crippen LogP contribution in [0, 0.1) is 0 Å². The summed E-state index contributed by atoms with van der Waals surface area (Å²) in [6.07, 6.45) is 5.34. The first-order chi connectivity index (χ1) is 5.04. The topological polar surface area (TPSA) is 37.3 Å². The lowest BCUT2D eigenvalue weighted by atomic mass is 9.96. The van der Waals surface area contributed by atoms with Crippen molar-refractivity contribution in [3.8, 4) is 0 Å². The van der Waals surface area contributed by atoms with E-state index in [1.807, 2.05) is 0 Å². The van der Waals surface area contributed by atoms with Crippen LogP contribution in [0.4, 0.5) is 0 Å². The lowest BCUT2D eigenvalue weighted by Crippen LogP contribution is -2.27. The van der Waals surface area contributed by atoms with Crippen molar-refractivity contribution in [2.24, 2.45) is 0 Å². The predicted molar refractivity (Wildman–Crippen MR) is 46.8 cm³/mol. The maximum Gasteiger partial charge on any atom is 0.150 e. The van der Waals surface area contributed by atoms with Crippen LogP contribution in [0.5, 0.6) is 0 Å². The van der Waals surface area contributed by atoms with Crippen molar-refractivity contribution in [2.75, 3.05) is 0 Å². The van der Waals surface area contributed by atoms with Gasteiger partial charge in [0.15, 0.2) is 5.78 Å². The Hall–Kier alpha value is -0.570. The van der Waals surface area contributed by atoms with Gasteiger partial charge in [0.2, 0.25) is 0 Å². The molecule has 1 N–H and O–H groups in total. The SMILES string of the molecule is CC(=O)C1(Br)C=CC(O)=CC1. The number of Topliss-reactive ketones (excluding diaryl/α,β-unsaturated/α-hetero) is 1. The molecule has 0 fully saturated rings. The van der Waals surface area contributed by atoms with Gasteiger partial charge in [0.1, 0.15) is 10.1 Å². The van der Waals surface area contributed by atoms with Gasteiger partial charge in [-0.15, -0.1) is 0 Å². The van der Waals surface area contributed by atoms with Crippen molar-refractivity contribution >= 4 is 21.7 Å². The molecule has 0 aromatic rings. The summed E-state index contributed by atoms with van der Waals surface area (Å²) in [6, 6.07) is 0. The van der Waals surface area contributed by atoms with Crippen LogP contribution in [-0.2, 0) is 4.79 Å². The smallest absolute Gasteiger partial charge is 0.150 e. The zero-order chi connectivity index (χ0) is 8.48. The van der Waals surface area contributed by atoms with Crippen LogP contribution in [-0.4, -0.2) is 15.2 Å². The summed E-state index contributed by atoms with van der Waals surface area (Å²) in [5.74, 6) is 0.277. The standard InChI is InChI=1S/C8H9BrO2/c1-6(10)8(9)4-2-7(11)3-5-8/h2-4,11H,5H2,1H3. The number of halogens is 1. The van der Waals surface area contributed by atoms with Crippen molar-refractivity contribution in [3.05, 3.63) is 24.0 Å². The number of ketones is 1. The highest BCUT2D eigenvalue weighted by Gasteiger charge is 2.29. The Morgan fingerprint density at radius 3 is 2.82 bits per heavy atom. The summed E-state index contributed by atoms with van der Waals surface area (Å²) in [5, 5.41) is 8.97. The maximum absolute atomic E-state index is 11.0. The fourth-order valence-electron chi connectivity index (χ4n) is 0.868. The minimum Gasteiger partial charge on any atom is -0.508 e. The molecule has 1 aliphatic carbocycles. The van der Waals surface area contributed by atoms with Crippen LogP contribution in [0.25, 0.3) is 0 Å². The van der Waals surface area contributed by atoms with Crippen LogP contribution in [0.2, 0.25) is 0 Å². The summed E-state index contributed by atoms with van der Waals surface area (Å²) in [7, 11) is 0. The van der Waals surface area contributed by atoms with Crippen molar-refractivity contribution < 1.29 is 9.90 Å². The molecule has 0 aromatic heterocycles. The highest BCUT2D eigenvalue weighted by molar-refractivity contribution is 9.10. The van der Waals surface area contributed by atoms with E-state index in [9.17, 15) is 4.79 Å². The first kappa shape index (κ1) is 8.53. The monoisotopic (exact) mass is 216 g/mol. The number of rotatable bonds is 1. The zero-order valence-corrected chi connectivity index (χ0v) is 7.76. The summed E-state index contributed by atoms with van der Waals surface area (Å²) in [4.78, 5) is 11.0. The normalized spacial score (nSPS) is 29.8. The Labute approximate surface area is 73.7 Å². The molecule has 0 amide bonds. The van der Waals surface area contributed by atoms with Gasteiger partial charge in [-0.25, -0.2) is 0 Å². The molecule has 1 aliphatic rings. The third-order valence-corrected chi connectivity index (χ3v) is 2.86. The Kier molecular flexibility index (Phi) is 2.18. The van der Waals surface area contributed by atoms with Gasteiger partial charge in [0.25, 0.3) is 0 Å². The van der Waals surface area contributed by atoms with Gasteiger partial charge in [-0.3, -0.25) is 4.79 Å². The van der Waals surface area contributed by atoms with Gasteiger partial charge < -0.3 is 5.11 Å². The number of alkyl halides is 1. The molecule has 11 heavy (non-hydrogen) atoms. The number of aliphatic hydroxyl groups excluding tert-OH is 1. The summed E-state index contributed by atoms with van der Waals surface area (Å²) < 4.78 is -0.584. The second-order valence-corrected chi connectivity index (χ2v) is 4.00. The third kappa shape index (κ3) is 1.71. The van der Waals surface area contributed by atoms with Crippen LogP contribution in [0.3, 0.4) is 0 Å². The van der Waals surface area contributed by atoms with E-state index < -0.39 is 4.32 Å². The lowest BCUT2D eigenvalue weighted by molar-refractivity contribution is -0.118. The molecule has 60 valence electrons. The lowest BCUT2D eigenvalue weighted by Gasteiger charge is -2.20. The predicted octanol–water partition coefficient (Wildman–Crippen LogP) is 2.11. The van der Waals surface area contributed by atoms with Gasteiger partial charge in [0.05, 0.1) is 0 Å². The molecule has 0 bridgehead atoms. The van der Waals surface area contributed by atoms with Crippen molar-refractivity contribution in [1.29, 1.82) is 0 Å². The molecular weight excluding hydrogens is 208 g/mol. The number of carbonyl (C=O) groups is 1. The summed E-state index contributed by atoms with van der Waals surface area (Å²) >= 11 is 3.30. The fraction of sp³-hybridized carbons (Fsp3) is 0.375.